The Labute approximate surface area is 187 Å². The zero-order valence-electron chi connectivity index (χ0n) is 15.5. The van der Waals surface area contributed by atoms with Crippen molar-refractivity contribution in [2.24, 2.45) is 5.14 Å². The first-order valence-corrected chi connectivity index (χ1v) is 12.8. The number of nitrogens with one attached hydrogen (secondary N) is 2. The molecule has 0 amide bonds. The molecule has 2 aromatic carbocycles. The maximum Gasteiger partial charge on any atom is 0.272 e. The van der Waals surface area contributed by atoms with Crippen LogP contribution in [0.25, 0.3) is 11.0 Å². The summed E-state index contributed by atoms with van der Waals surface area (Å²) in [6.45, 7) is 0. The van der Waals surface area contributed by atoms with Gasteiger partial charge in [-0.05, 0) is 48.5 Å². The van der Waals surface area contributed by atoms with Crippen LogP contribution in [0.15, 0.2) is 69.8 Å². The fourth-order valence-corrected chi connectivity index (χ4v) is 5.65. The normalized spacial score (nSPS) is 12.1. The minimum absolute atomic E-state index is 0.0240. The molecule has 4 aromatic rings. The van der Waals surface area contributed by atoms with Gasteiger partial charge in [-0.3, -0.25) is 4.72 Å². The summed E-state index contributed by atoms with van der Waals surface area (Å²) in [6.07, 6.45) is 0. The van der Waals surface area contributed by atoms with E-state index >= 15 is 0 Å². The zero-order valence-corrected chi connectivity index (χ0v) is 18.7. The lowest BCUT2D eigenvalue weighted by molar-refractivity contribution is 0.597. The number of fused-ring (bicyclic) bond motifs is 1. The average molecular weight is 496 g/mol. The Balaban J connectivity index is 1.75. The molecule has 9 nitrogen and oxygen atoms in total. The lowest BCUT2D eigenvalue weighted by Gasteiger charge is -2.13. The van der Waals surface area contributed by atoms with Gasteiger partial charge in [-0.15, -0.1) is 11.3 Å². The van der Waals surface area contributed by atoms with Crippen molar-refractivity contribution < 1.29 is 16.8 Å². The van der Waals surface area contributed by atoms with Crippen LogP contribution in [0.3, 0.4) is 0 Å². The highest BCUT2D eigenvalue weighted by atomic mass is 35.5. The van der Waals surface area contributed by atoms with Crippen molar-refractivity contribution in [3.05, 3.63) is 65.0 Å². The molecular formula is C18H14ClN5O4S3. The summed E-state index contributed by atoms with van der Waals surface area (Å²) in [6, 6.07) is 15.4. The molecule has 4 N–H and O–H groups in total. The van der Waals surface area contributed by atoms with E-state index in [9.17, 15) is 16.8 Å². The van der Waals surface area contributed by atoms with Gasteiger partial charge in [-0.1, -0.05) is 23.7 Å². The first-order chi connectivity index (χ1) is 14.6. The number of hydrogen-bond acceptors (Lipinski definition) is 8. The molecule has 0 saturated heterocycles. The molecule has 31 heavy (non-hydrogen) atoms. The van der Waals surface area contributed by atoms with Gasteiger partial charge in [0.2, 0.25) is 10.0 Å². The van der Waals surface area contributed by atoms with Crippen molar-refractivity contribution >= 4 is 71.3 Å². The van der Waals surface area contributed by atoms with Gasteiger partial charge in [0.15, 0.2) is 11.6 Å². The lowest BCUT2D eigenvalue weighted by Crippen LogP contribution is -2.15. The Hall–Kier alpha value is -2.77. The monoisotopic (exact) mass is 495 g/mol. The summed E-state index contributed by atoms with van der Waals surface area (Å²) >= 11 is 6.77. The molecule has 0 radical (unpaired) electrons. The third-order valence-corrected chi connectivity index (χ3v) is 8.05. The van der Waals surface area contributed by atoms with Crippen LogP contribution in [0.2, 0.25) is 4.34 Å². The lowest BCUT2D eigenvalue weighted by atomic mass is 10.3. The van der Waals surface area contributed by atoms with Gasteiger partial charge >= 0.3 is 0 Å². The number of rotatable bonds is 6. The van der Waals surface area contributed by atoms with E-state index in [4.69, 9.17) is 16.7 Å². The smallest absolute Gasteiger partial charge is 0.272 e. The van der Waals surface area contributed by atoms with Crippen LogP contribution in [0.5, 0.6) is 0 Å². The molecule has 4 rings (SSSR count). The van der Waals surface area contributed by atoms with E-state index in [0.29, 0.717) is 21.1 Å². The molecule has 0 bridgehead atoms. The van der Waals surface area contributed by atoms with E-state index in [0.717, 1.165) is 11.3 Å². The maximum absolute atomic E-state index is 12.8. The van der Waals surface area contributed by atoms with Crippen LogP contribution < -0.4 is 15.2 Å². The number of anilines is 3. The standard InChI is InChI=1S/C18H14ClN5O4S3/c19-15-9-10-16(29-15)31(27,28)24-18-17(22-13-3-1-2-4-14(13)23-18)21-11-5-7-12(8-6-11)30(20,25)26/h1-10H,(H,21,22)(H,23,24)(H2,20,25,26). The molecule has 0 saturated carbocycles. The van der Waals surface area contributed by atoms with Crippen LogP contribution in [-0.2, 0) is 20.0 Å². The molecular weight excluding hydrogens is 482 g/mol. The van der Waals surface area contributed by atoms with E-state index in [1.54, 1.807) is 24.3 Å². The summed E-state index contributed by atoms with van der Waals surface area (Å²) in [5, 5.41) is 8.08. The average Bonchev–Trinajstić information content (AvgIpc) is 3.15. The highest BCUT2D eigenvalue weighted by Gasteiger charge is 2.21. The van der Waals surface area contributed by atoms with Crippen LogP contribution >= 0.6 is 22.9 Å². The van der Waals surface area contributed by atoms with E-state index in [2.05, 4.69) is 20.0 Å². The number of nitrogens with two attached hydrogens (primary N) is 1. The van der Waals surface area contributed by atoms with Crippen molar-refractivity contribution in [1.29, 1.82) is 0 Å². The minimum Gasteiger partial charge on any atom is -0.337 e. The second-order valence-electron chi connectivity index (χ2n) is 6.27. The molecule has 0 fully saturated rings. The van der Waals surface area contributed by atoms with Gasteiger partial charge in [0.25, 0.3) is 10.0 Å². The number of nitrogens with zero attached hydrogens (tertiary/aromatic N) is 2. The number of primary sulfonamides is 1. The zero-order chi connectivity index (χ0) is 22.2. The second-order valence-corrected chi connectivity index (χ2v) is 11.5. The molecule has 2 heterocycles. The number of aromatic nitrogens is 2. The molecule has 0 atom stereocenters. The van der Waals surface area contributed by atoms with Crippen molar-refractivity contribution in [3.63, 3.8) is 0 Å². The van der Waals surface area contributed by atoms with Gasteiger partial charge in [-0.25, -0.2) is 31.9 Å². The summed E-state index contributed by atoms with van der Waals surface area (Å²) in [7, 11) is -7.80. The topological polar surface area (TPSA) is 144 Å². The van der Waals surface area contributed by atoms with Gasteiger partial charge in [-0.2, -0.15) is 0 Å². The molecule has 0 aliphatic carbocycles. The molecule has 0 aliphatic heterocycles. The van der Waals surface area contributed by atoms with Crippen LogP contribution in [0, 0.1) is 0 Å². The molecule has 0 aliphatic rings. The third kappa shape index (κ3) is 4.78. The molecule has 13 heteroatoms. The van der Waals surface area contributed by atoms with Crippen molar-refractivity contribution in [2.45, 2.75) is 9.10 Å². The molecule has 2 aromatic heterocycles. The number of benzene rings is 2. The van der Waals surface area contributed by atoms with E-state index in [1.165, 1.54) is 36.4 Å². The van der Waals surface area contributed by atoms with Gasteiger partial charge in [0.05, 0.1) is 20.3 Å². The van der Waals surface area contributed by atoms with Gasteiger partial charge in [0.1, 0.15) is 4.21 Å². The van der Waals surface area contributed by atoms with Crippen molar-refractivity contribution in [1.82, 2.24) is 9.97 Å². The maximum atomic E-state index is 12.8. The number of para-hydroxylation sites is 2. The van der Waals surface area contributed by atoms with Crippen LogP contribution in [0.1, 0.15) is 0 Å². The highest BCUT2D eigenvalue weighted by Crippen LogP contribution is 2.30. The van der Waals surface area contributed by atoms with E-state index < -0.39 is 20.0 Å². The first-order valence-electron chi connectivity index (χ1n) is 8.57. The highest BCUT2D eigenvalue weighted by molar-refractivity contribution is 7.94. The summed E-state index contributed by atoms with van der Waals surface area (Å²) in [5.41, 5.74) is 1.48. The fraction of sp³-hybridized carbons (Fsp3) is 0. The summed E-state index contributed by atoms with van der Waals surface area (Å²) in [4.78, 5) is 8.79. The number of halogens is 1. The Morgan fingerprint density at radius 1 is 0.839 bits per heavy atom. The van der Waals surface area contributed by atoms with Crippen molar-refractivity contribution in [3.8, 4) is 0 Å². The van der Waals surface area contributed by atoms with Crippen LogP contribution in [-0.4, -0.2) is 26.8 Å². The molecule has 0 unspecified atom stereocenters. The third-order valence-electron chi connectivity index (χ3n) is 4.06. The van der Waals surface area contributed by atoms with Gasteiger partial charge < -0.3 is 5.32 Å². The Kier molecular flexibility index (Phi) is 5.58. The SMILES string of the molecule is NS(=O)(=O)c1ccc(Nc2nc3ccccc3nc2NS(=O)(=O)c2ccc(Cl)s2)cc1. The number of thiophene rings is 1. The number of sulfonamides is 2. The van der Waals surface area contributed by atoms with Crippen LogP contribution in [0.4, 0.5) is 17.3 Å². The minimum atomic E-state index is -3.96. The Morgan fingerprint density at radius 2 is 1.45 bits per heavy atom. The molecule has 0 spiro atoms. The number of hydrogen-bond donors (Lipinski definition) is 3. The quantitative estimate of drug-likeness (QED) is 0.371. The summed E-state index contributed by atoms with van der Waals surface area (Å²) in [5.74, 6) is 0.104. The van der Waals surface area contributed by atoms with Gasteiger partial charge in [0, 0.05) is 5.69 Å². The van der Waals surface area contributed by atoms with Crippen molar-refractivity contribution in [2.75, 3.05) is 10.0 Å². The second kappa shape index (κ2) is 8.05. The first kappa shape index (κ1) is 21.5. The Morgan fingerprint density at radius 3 is 2.00 bits per heavy atom. The molecule has 160 valence electrons. The van der Waals surface area contributed by atoms with E-state index in [1.807, 2.05) is 0 Å². The largest absolute Gasteiger partial charge is 0.337 e. The fourth-order valence-electron chi connectivity index (χ4n) is 2.64. The summed E-state index contributed by atoms with van der Waals surface area (Å²) < 4.78 is 51.2. The Bertz CT molecular complexity index is 1490. The predicted octanol–water partition coefficient (Wildman–Crippen LogP) is 3.54. The van der Waals surface area contributed by atoms with E-state index in [-0.39, 0.29) is 20.7 Å². The predicted molar refractivity (Wildman–Crippen MR) is 121 cm³/mol.